The second kappa shape index (κ2) is 2.89. The summed E-state index contributed by atoms with van der Waals surface area (Å²) >= 11 is 0. The van der Waals surface area contributed by atoms with Crippen LogP contribution < -0.4 is 5.48 Å². The van der Waals surface area contributed by atoms with E-state index in [0.717, 1.165) is 12.8 Å². The lowest BCUT2D eigenvalue weighted by molar-refractivity contribution is -0.130. The van der Waals surface area contributed by atoms with Gasteiger partial charge in [-0.3, -0.25) is 10.0 Å². The highest BCUT2D eigenvalue weighted by Gasteiger charge is 2.28. The first-order chi connectivity index (χ1) is 3.34. The first kappa shape index (κ1) is 7.72. The molecule has 1 fully saturated rings. The molecule has 0 atom stereocenters. The van der Waals surface area contributed by atoms with Gasteiger partial charge < -0.3 is 0 Å². The lowest BCUT2D eigenvalue weighted by Crippen LogP contribution is -2.19. The Kier molecular flexibility index (Phi) is 2.79. The van der Waals surface area contributed by atoms with Crippen LogP contribution in [0.25, 0.3) is 0 Å². The summed E-state index contributed by atoms with van der Waals surface area (Å²) in [4.78, 5) is 10.2. The number of hydrogen-bond acceptors (Lipinski definition) is 2. The summed E-state index contributed by atoms with van der Waals surface area (Å²) in [5.74, 6) is -0.120. The molecular formula is C4H8ClNO2. The minimum absolute atomic E-state index is 0. The second-order valence-electron chi connectivity index (χ2n) is 1.75. The van der Waals surface area contributed by atoms with Crippen molar-refractivity contribution < 1.29 is 10.0 Å². The molecule has 1 aliphatic carbocycles. The van der Waals surface area contributed by atoms with Crippen molar-refractivity contribution in [3.63, 3.8) is 0 Å². The predicted molar refractivity (Wildman–Crippen MR) is 29.9 cm³/mol. The Labute approximate surface area is 53.4 Å². The molecule has 0 heterocycles. The molecule has 0 radical (unpaired) electrons. The Hall–Kier alpha value is -0.280. The molecule has 4 heteroatoms. The topological polar surface area (TPSA) is 49.3 Å². The molecule has 1 amide bonds. The Balaban J connectivity index is 0.000000490. The molecule has 8 heavy (non-hydrogen) atoms. The number of nitrogens with one attached hydrogen (secondary N) is 1. The monoisotopic (exact) mass is 137 g/mol. The highest BCUT2D eigenvalue weighted by Crippen LogP contribution is 2.28. The molecule has 1 rings (SSSR count). The van der Waals surface area contributed by atoms with E-state index in [9.17, 15) is 4.79 Å². The number of carbonyl (C=O) groups excluding carboxylic acids is 1. The average molecular weight is 138 g/mol. The van der Waals surface area contributed by atoms with Gasteiger partial charge in [-0.15, -0.1) is 12.4 Å². The number of hydroxylamine groups is 1. The van der Waals surface area contributed by atoms with Crippen LogP contribution in [0.5, 0.6) is 0 Å². The molecule has 0 spiro atoms. The van der Waals surface area contributed by atoms with Crippen LogP contribution in [0.3, 0.4) is 0 Å². The van der Waals surface area contributed by atoms with Crippen LogP contribution in [0.15, 0.2) is 0 Å². The Morgan fingerprint density at radius 3 is 2.25 bits per heavy atom. The quantitative estimate of drug-likeness (QED) is 0.404. The zero-order chi connectivity index (χ0) is 5.28. The van der Waals surface area contributed by atoms with E-state index in [0.29, 0.717) is 0 Å². The van der Waals surface area contributed by atoms with Crippen LogP contribution in [0.1, 0.15) is 12.8 Å². The molecule has 0 unspecified atom stereocenters. The molecule has 0 bridgehead atoms. The summed E-state index contributed by atoms with van der Waals surface area (Å²) in [6, 6.07) is 0. The highest BCUT2D eigenvalue weighted by atomic mass is 35.5. The maximum atomic E-state index is 10.2. The van der Waals surface area contributed by atoms with E-state index in [-0.39, 0.29) is 24.2 Å². The van der Waals surface area contributed by atoms with Crippen LogP contribution in [-0.4, -0.2) is 11.1 Å². The van der Waals surface area contributed by atoms with E-state index in [1.807, 2.05) is 0 Å². The van der Waals surface area contributed by atoms with Gasteiger partial charge >= 0.3 is 0 Å². The van der Waals surface area contributed by atoms with Crippen LogP contribution in [-0.2, 0) is 4.79 Å². The first-order valence-corrected chi connectivity index (χ1v) is 2.28. The molecular weight excluding hydrogens is 130 g/mol. The Bertz CT molecular complexity index is 92.0. The van der Waals surface area contributed by atoms with Gasteiger partial charge in [0.25, 0.3) is 0 Å². The van der Waals surface area contributed by atoms with Gasteiger partial charge in [-0.2, -0.15) is 0 Å². The summed E-state index contributed by atoms with van der Waals surface area (Å²) in [5, 5.41) is 7.95. The summed E-state index contributed by atoms with van der Waals surface area (Å²) in [6.45, 7) is 0. The lowest BCUT2D eigenvalue weighted by atomic mass is 10.4. The molecule has 0 saturated heterocycles. The van der Waals surface area contributed by atoms with E-state index >= 15 is 0 Å². The summed E-state index contributed by atoms with van der Waals surface area (Å²) in [6.07, 6.45) is 1.87. The molecule has 2 N–H and O–H groups in total. The maximum absolute atomic E-state index is 10.2. The Morgan fingerprint density at radius 1 is 1.62 bits per heavy atom. The van der Waals surface area contributed by atoms with Gasteiger partial charge in [0.1, 0.15) is 0 Å². The average Bonchev–Trinajstić information content (AvgIpc) is 2.44. The third-order valence-electron chi connectivity index (χ3n) is 1.06. The van der Waals surface area contributed by atoms with Crippen molar-refractivity contribution >= 4 is 18.3 Å². The standard InChI is InChI=1S/C4H7NO2.ClH/c6-4(5-7)3-1-2-3;/h3,7H,1-2H2,(H,5,6);1H. The third kappa shape index (κ3) is 1.68. The van der Waals surface area contributed by atoms with Crippen LogP contribution in [0.2, 0.25) is 0 Å². The molecule has 48 valence electrons. The molecule has 0 aromatic carbocycles. The minimum atomic E-state index is -0.236. The molecule has 3 nitrogen and oxygen atoms in total. The van der Waals surface area contributed by atoms with Crippen molar-refractivity contribution in [3.8, 4) is 0 Å². The minimum Gasteiger partial charge on any atom is -0.289 e. The van der Waals surface area contributed by atoms with Gasteiger partial charge in [-0.1, -0.05) is 0 Å². The van der Waals surface area contributed by atoms with E-state index in [1.165, 1.54) is 0 Å². The van der Waals surface area contributed by atoms with E-state index < -0.39 is 0 Å². The van der Waals surface area contributed by atoms with Crippen molar-refractivity contribution in [1.82, 2.24) is 5.48 Å². The van der Waals surface area contributed by atoms with Gasteiger partial charge in [0, 0.05) is 5.92 Å². The number of halogens is 1. The van der Waals surface area contributed by atoms with Gasteiger partial charge in [0.2, 0.25) is 5.91 Å². The summed E-state index contributed by atoms with van der Waals surface area (Å²) < 4.78 is 0. The zero-order valence-corrected chi connectivity index (χ0v) is 5.07. The maximum Gasteiger partial charge on any atom is 0.246 e. The molecule has 0 aromatic rings. The molecule has 0 aromatic heterocycles. The van der Waals surface area contributed by atoms with Crippen LogP contribution >= 0.6 is 12.4 Å². The first-order valence-electron chi connectivity index (χ1n) is 2.28. The lowest BCUT2D eigenvalue weighted by Gasteiger charge is -1.88. The molecule has 1 saturated carbocycles. The largest absolute Gasteiger partial charge is 0.289 e. The van der Waals surface area contributed by atoms with Crippen molar-refractivity contribution in [2.24, 2.45) is 5.92 Å². The SMILES string of the molecule is Cl.O=C(NO)C1CC1. The second-order valence-corrected chi connectivity index (χ2v) is 1.75. The highest BCUT2D eigenvalue weighted by molar-refractivity contribution is 5.85. The normalized spacial score (nSPS) is 16.6. The fourth-order valence-corrected chi connectivity index (χ4v) is 0.437. The fourth-order valence-electron chi connectivity index (χ4n) is 0.437. The van der Waals surface area contributed by atoms with Crippen molar-refractivity contribution in [1.29, 1.82) is 0 Å². The zero-order valence-electron chi connectivity index (χ0n) is 4.26. The van der Waals surface area contributed by atoms with Gasteiger partial charge in [0.15, 0.2) is 0 Å². The third-order valence-corrected chi connectivity index (χ3v) is 1.06. The van der Waals surface area contributed by atoms with E-state index in [4.69, 9.17) is 5.21 Å². The summed E-state index contributed by atoms with van der Waals surface area (Å²) in [5.41, 5.74) is 1.59. The number of amides is 1. The number of hydrogen-bond donors (Lipinski definition) is 2. The van der Waals surface area contributed by atoms with Gasteiger partial charge in [-0.25, -0.2) is 5.48 Å². The van der Waals surface area contributed by atoms with E-state index in [2.05, 4.69) is 0 Å². The molecule has 0 aliphatic heterocycles. The fraction of sp³-hybridized carbons (Fsp3) is 0.750. The van der Waals surface area contributed by atoms with Gasteiger partial charge in [-0.05, 0) is 12.8 Å². The smallest absolute Gasteiger partial charge is 0.246 e. The van der Waals surface area contributed by atoms with Crippen molar-refractivity contribution in [2.75, 3.05) is 0 Å². The number of carbonyl (C=O) groups is 1. The van der Waals surface area contributed by atoms with Crippen molar-refractivity contribution in [2.45, 2.75) is 12.8 Å². The Morgan fingerprint density at radius 2 is 2.12 bits per heavy atom. The van der Waals surface area contributed by atoms with Crippen molar-refractivity contribution in [3.05, 3.63) is 0 Å². The van der Waals surface area contributed by atoms with Crippen LogP contribution in [0.4, 0.5) is 0 Å². The van der Waals surface area contributed by atoms with Crippen LogP contribution in [0, 0.1) is 5.92 Å². The molecule has 1 aliphatic rings. The predicted octanol–water partition coefficient (Wildman–Crippen LogP) is 0.324. The summed E-state index contributed by atoms with van der Waals surface area (Å²) in [7, 11) is 0. The van der Waals surface area contributed by atoms with E-state index in [1.54, 1.807) is 5.48 Å². The van der Waals surface area contributed by atoms with Gasteiger partial charge in [0.05, 0.1) is 0 Å². The number of rotatable bonds is 1.